The Morgan fingerprint density at radius 1 is 1.36 bits per heavy atom. The Morgan fingerprint density at radius 2 is 2.21 bits per heavy atom. The normalized spacial score (nSPS) is 19.0. The van der Waals surface area contributed by atoms with Gasteiger partial charge in [-0.2, -0.15) is 0 Å². The summed E-state index contributed by atoms with van der Waals surface area (Å²) in [6.07, 6.45) is 5.42. The fourth-order valence-electron chi connectivity index (χ4n) is 4.83. The number of hydrogen-bond acceptors (Lipinski definition) is 6. The van der Waals surface area contributed by atoms with Gasteiger partial charge >= 0.3 is 0 Å². The largest absolute Gasteiger partial charge is 0.381 e. The van der Waals surface area contributed by atoms with Gasteiger partial charge in [0.15, 0.2) is 5.65 Å². The predicted octanol–water partition coefficient (Wildman–Crippen LogP) is 2.50. The maximum Gasteiger partial charge on any atom is 0.254 e. The summed E-state index contributed by atoms with van der Waals surface area (Å²) in [6, 6.07) is 4.39. The van der Waals surface area contributed by atoms with E-state index in [9.17, 15) is 9.90 Å². The Balaban J connectivity index is 1.58. The molecule has 8 heteroatoms. The lowest BCUT2D eigenvalue weighted by Crippen LogP contribution is -2.47. The SMILES string of the molecule is CCc1c[nH]c2ncc(-c3cc4c(c([C@@H]5COCCN5)c3)CN(C(=O)C(C)(C)O)CC4)nc12. The fraction of sp³-hybridized carbons (Fsp3) is 0.480. The van der Waals surface area contributed by atoms with Crippen LogP contribution in [0.2, 0.25) is 0 Å². The second kappa shape index (κ2) is 8.52. The smallest absolute Gasteiger partial charge is 0.254 e. The van der Waals surface area contributed by atoms with Crippen LogP contribution in [0.4, 0.5) is 0 Å². The van der Waals surface area contributed by atoms with Crippen molar-refractivity contribution in [1.29, 1.82) is 0 Å². The molecule has 0 saturated carbocycles. The van der Waals surface area contributed by atoms with E-state index in [0.29, 0.717) is 26.3 Å². The van der Waals surface area contributed by atoms with Crippen LogP contribution in [0.5, 0.6) is 0 Å². The number of ether oxygens (including phenoxy) is 1. The molecular formula is C25H31N5O3. The van der Waals surface area contributed by atoms with Crippen LogP contribution in [-0.4, -0.2) is 62.8 Å². The first-order valence-electron chi connectivity index (χ1n) is 11.7. The topological polar surface area (TPSA) is 103 Å². The van der Waals surface area contributed by atoms with Gasteiger partial charge in [-0.3, -0.25) is 4.79 Å². The second-order valence-electron chi connectivity index (χ2n) is 9.44. The van der Waals surface area contributed by atoms with Gasteiger partial charge in [0, 0.05) is 31.4 Å². The van der Waals surface area contributed by atoms with Crippen molar-refractivity contribution >= 4 is 17.1 Å². The summed E-state index contributed by atoms with van der Waals surface area (Å²) >= 11 is 0. The van der Waals surface area contributed by atoms with Gasteiger partial charge in [-0.25, -0.2) is 9.97 Å². The zero-order valence-electron chi connectivity index (χ0n) is 19.4. The summed E-state index contributed by atoms with van der Waals surface area (Å²) in [5, 5.41) is 13.8. The molecular weight excluding hydrogens is 418 g/mol. The van der Waals surface area contributed by atoms with Gasteiger partial charge in [-0.1, -0.05) is 6.92 Å². The van der Waals surface area contributed by atoms with Gasteiger partial charge < -0.3 is 25.0 Å². The van der Waals surface area contributed by atoms with Crippen LogP contribution >= 0.6 is 0 Å². The van der Waals surface area contributed by atoms with Crippen LogP contribution in [0, 0.1) is 0 Å². The number of aromatic amines is 1. The minimum absolute atomic E-state index is 0.0415. The maximum absolute atomic E-state index is 12.8. The molecule has 0 spiro atoms. The average molecular weight is 450 g/mol. The standard InChI is InChI=1S/C25H31N5O3/c1-4-15-11-27-23-22(15)29-20(12-28-23)17-9-16-5-7-30(24(31)25(2,3)32)13-19(16)18(10-17)21-14-33-8-6-26-21/h9-12,21,26,32H,4-8,13-14H2,1-3H3,(H,27,28)/t21-/m0/s1. The number of hydrogen-bond donors (Lipinski definition) is 3. The monoisotopic (exact) mass is 449 g/mol. The Morgan fingerprint density at radius 3 is 2.94 bits per heavy atom. The third-order valence-corrected chi connectivity index (χ3v) is 6.62. The quantitative estimate of drug-likeness (QED) is 0.566. The number of aliphatic hydroxyl groups is 1. The lowest BCUT2D eigenvalue weighted by molar-refractivity contribution is -0.148. The number of amides is 1. The first-order chi connectivity index (χ1) is 15.8. The van der Waals surface area contributed by atoms with Crippen molar-refractivity contribution in [3.05, 3.63) is 46.8 Å². The Labute approximate surface area is 193 Å². The Hall–Kier alpha value is -2.81. The number of benzene rings is 1. The molecule has 0 radical (unpaired) electrons. The van der Waals surface area contributed by atoms with E-state index < -0.39 is 5.60 Å². The van der Waals surface area contributed by atoms with E-state index in [1.807, 2.05) is 12.4 Å². The maximum atomic E-state index is 12.8. The highest BCUT2D eigenvalue weighted by atomic mass is 16.5. The lowest BCUT2D eigenvalue weighted by atomic mass is 9.87. The summed E-state index contributed by atoms with van der Waals surface area (Å²) in [5.41, 5.74) is 6.82. The minimum Gasteiger partial charge on any atom is -0.381 e. The Bertz CT molecular complexity index is 1190. The summed E-state index contributed by atoms with van der Waals surface area (Å²) in [4.78, 5) is 27.3. The molecule has 0 bridgehead atoms. The van der Waals surface area contributed by atoms with Crippen molar-refractivity contribution in [2.45, 2.75) is 51.8 Å². The summed E-state index contributed by atoms with van der Waals surface area (Å²) < 4.78 is 5.76. The number of nitrogens with zero attached hydrogens (tertiary/aromatic N) is 3. The van der Waals surface area contributed by atoms with E-state index >= 15 is 0 Å². The molecule has 3 N–H and O–H groups in total. The van der Waals surface area contributed by atoms with E-state index in [1.54, 1.807) is 18.7 Å². The van der Waals surface area contributed by atoms with Gasteiger partial charge in [-0.05, 0) is 61.1 Å². The van der Waals surface area contributed by atoms with E-state index in [1.165, 1.54) is 5.56 Å². The molecule has 1 amide bonds. The van der Waals surface area contributed by atoms with Gasteiger partial charge in [0.05, 0.1) is 31.1 Å². The molecule has 2 aliphatic heterocycles. The van der Waals surface area contributed by atoms with Crippen molar-refractivity contribution in [2.75, 3.05) is 26.3 Å². The number of rotatable bonds is 4. The molecule has 5 rings (SSSR count). The van der Waals surface area contributed by atoms with E-state index in [-0.39, 0.29) is 11.9 Å². The highest BCUT2D eigenvalue weighted by Crippen LogP contribution is 2.34. The third-order valence-electron chi connectivity index (χ3n) is 6.62. The number of carbonyl (C=O) groups excluding carboxylic acids is 1. The van der Waals surface area contributed by atoms with Crippen molar-refractivity contribution in [2.24, 2.45) is 0 Å². The highest BCUT2D eigenvalue weighted by molar-refractivity contribution is 5.84. The summed E-state index contributed by atoms with van der Waals surface area (Å²) in [6.45, 7) is 8.32. The summed E-state index contributed by atoms with van der Waals surface area (Å²) in [5.74, 6) is -0.244. The van der Waals surface area contributed by atoms with Crippen molar-refractivity contribution in [3.63, 3.8) is 0 Å². The van der Waals surface area contributed by atoms with E-state index in [0.717, 1.165) is 58.5 Å². The molecule has 174 valence electrons. The van der Waals surface area contributed by atoms with E-state index in [2.05, 4.69) is 34.3 Å². The predicted molar refractivity (Wildman–Crippen MR) is 126 cm³/mol. The van der Waals surface area contributed by atoms with Crippen molar-refractivity contribution in [3.8, 4) is 11.3 Å². The number of carbonyl (C=O) groups is 1. The first-order valence-corrected chi connectivity index (χ1v) is 11.7. The van der Waals surface area contributed by atoms with Crippen LogP contribution in [0.25, 0.3) is 22.4 Å². The minimum atomic E-state index is -1.39. The number of morpholine rings is 1. The zero-order chi connectivity index (χ0) is 23.2. The fourth-order valence-corrected chi connectivity index (χ4v) is 4.83. The van der Waals surface area contributed by atoms with Crippen LogP contribution in [-0.2, 0) is 28.9 Å². The molecule has 0 unspecified atom stereocenters. The molecule has 1 fully saturated rings. The highest BCUT2D eigenvalue weighted by Gasteiger charge is 2.33. The van der Waals surface area contributed by atoms with E-state index in [4.69, 9.17) is 9.72 Å². The molecule has 1 atom stereocenters. The molecule has 8 nitrogen and oxygen atoms in total. The molecule has 2 aromatic heterocycles. The average Bonchev–Trinajstić information content (AvgIpc) is 3.25. The molecule has 1 saturated heterocycles. The number of nitrogens with one attached hydrogen (secondary N) is 2. The van der Waals surface area contributed by atoms with Gasteiger partial charge in [0.2, 0.25) is 0 Å². The molecule has 1 aromatic carbocycles. The third kappa shape index (κ3) is 4.14. The molecule has 4 heterocycles. The number of H-pyrrole nitrogens is 1. The number of fused-ring (bicyclic) bond motifs is 2. The number of aromatic nitrogens is 3. The van der Waals surface area contributed by atoms with Crippen molar-refractivity contribution in [1.82, 2.24) is 25.2 Å². The van der Waals surface area contributed by atoms with Gasteiger partial charge in [-0.15, -0.1) is 0 Å². The Kier molecular flexibility index (Phi) is 5.68. The second-order valence-corrected chi connectivity index (χ2v) is 9.44. The number of aryl methyl sites for hydroxylation is 1. The van der Waals surface area contributed by atoms with Gasteiger partial charge in [0.1, 0.15) is 11.1 Å². The van der Waals surface area contributed by atoms with Crippen LogP contribution < -0.4 is 5.32 Å². The molecule has 3 aromatic rings. The summed E-state index contributed by atoms with van der Waals surface area (Å²) in [7, 11) is 0. The van der Waals surface area contributed by atoms with Crippen LogP contribution in [0.15, 0.2) is 24.5 Å². The van der Waals surface area contributed by atoms with Crippen molar-refractivity contribution < 1.29 is 14.6 Å². The van der Waals surface area contributed by atoms with Crippen LogP contribution in [0.1, 0.15) is 49.1 Å². The van der Waals surface area contributed by atoms with Crippen LogP contribution in [0.3, 0.4) is 0 Å². The molecule has 2 aliphatic rings. The van der Waals surface area contributed by atoms with Gasteiger partial charge in [0.25, 0.3) is 5.91 Å². The molecule has 0 aliphatic carbocycles. The molecule has 33 heavy (non-hydrogen) atoms. The first kappa shape index (κ1) is 22.0. The zero-order valence-corrected chi connectivity index (χ0v) is 19.4. The lowest BCUT2D eigenvalue weighted by Gasteiger charge is -2.36.